The van der Waals surface area contributed by atoms with Gasteiger partial charge in [0.2, 0.25) is 10.0 Å². The third-order valence-corrected chi connectivity index (χ3v) is 4.72. The van der Waals surface area contributed by atoms with Gasteiger partial charge in [-0.15, -0.1) is 0 Å². The number of hydrogen-bond acceptors (Lipinski definition) is 5. The quantitative estimate of drug-likeness (QED) is 0.720. The molecule has 8 heteroatoms. The maximum absolute atomic E-state index is 11.9. The van der Waals surface area contributed by atoms with Gasteiger partial charge in [0, 0.05) is 13.0 Å². The fourth-order valence-corrected chi connectivity index (χ4v) is 2.94. The second-order valence-electron chi connectivity index (χ2n) is 4.52. The van der Waals surface area contributed by atoms with Gasteiger partial charge in [-0.1, -0.05) is 12.1 Å². The second-order valence-corrected chi connectivity index (χ2v) is 6.37. The molecule has 1 aliphatic rings. The predicted molar refractivity (Wildman–Crippen MR) is 72.1 cm³/mol. The summed E-state index contributed by atoms with van der Waals surface area (Å²) < 4.78 is 31.2. The van der Waals surface area contributed by atoms with E-state index in [2.05, 4.69) is 10.0 Å². The lowest BCUT2D eigenvalue weighted by atomic mass is 9.98. The molecule has 110 valence electrons. The van der Waals surface area contributed by atoms with E-state index in [1.165, 1.54) is 19.2 Å². The van der Waals surface area contributed by atoms with Crippen molar-refractivity contribution >= 4 is 21.7 Å². The first-order valence-corrected chi connectivity index (χ1v) is 7.51. The van der Waals surface area contributed by atoms with Crippen LogP contribution in [0.1, 0.15) is 6.42 Å². The predicted octanol–water partition coefficient (Wildman–Crippen LogP) is 0.250. The number of ether oxygens (including phenoxy) is 1. The molecule has 0 bridgehead atoms. The monoisotopic (exact) mass is 300 g/mol. The lowest BCUT2D eigenvalue weighted by molar-refractivity contribution is -0.142. The summed E-state index contributed by atoms with van der Waals surface area (Å²) in [7, 11) is -2.37. The van der Waals surface area contributed by atoms with Crippen LogP contribution in [0.25, 0.3) is 0 Å². The molecule has 1 aromatic rings. The number of hydrogen-bond donors (Lipinski definition) is 3. The minimum atomic E-state index is -3.67. The zero-order chi connectivity index (χ0) is 14.8. The van der Waals surface area contributed by atoms with Crippen molar-refractivity contribution in [1.29, 1.82) is 0 Å². The van der Waals surface area contributed by atoms with Crippen LogP contribution >= 0.6 is 0 Å². The van der Waals surface area contributed by atoms with Crippen molar-refractivity contribution in [2.24, 2.45) is 0 Å². The fourth-order valence-electron chi connectivity index (χ4n) is 2.06. The number of benzene rings is 1. The normalized spacial score (nSPS) is 22.6. The van der Waals surface area contributed by atoms with Gasteiger partial charge >= 0.3 is 5.97 Å². The number of nitrogens with one attached hydrogen (secondary N) is 2. The largest absolute Gasteiger partial charge is 0.479 e. The van der Waals surface area contributed by atoms with Gasteiger partial charge in [0.05, 0.1) is 12.3 Å². The molecule has 0 radical (unpaired) electrons. The molecule has 0 aromatic heterocycles. The van der Waals surface area contributed by atoms with E-state index in [4.69, 9.17) is 4.74 Å². The summed E-state index contributed by atoms with van der Waals surface area (Å²) in [5.41, 5.74) is -1.05. The molecular weight excluding hydrogens is 284 g/mol. The summed E-state index contributed by atoms with van der Waals surface area (Å²) in [6.45, 7) is 0.316. The van der Waals surface area contributed by atoms with Crippen LogP contribution in [-0.4, -0.2) is 45.3 Å². The first kappa shape index (κ1) is 14.8. The van der Waals surface area contributed by atoms with Crippen LogP contribution in [0.2, 0.25) is 0 Å². The maximum Gasteiger partial charge on any atom is 0.331 e. The third kappa shape index (κ3) is 2.62. The van der Waals surface area contributed by atoms with Crippen molar-refractivity contribution in [3.05, 3.63) is 24.3 Å². The second kappa shape index (κ2) is 5.39. The summed E-state index contributed by atoms with van der Waals surface area (Å²) in [5, 5.41) is 12.2. The van der Waals surface area contributed by atoms with Crippen LogP contribution in [0.3, 0.4) is 0 Å². The molecule has 1 saturated heterocycles. The van der Waals surface area contributed by atoms with Crippen molar-refractivity contribution < 1.29 is 23.1 Å². The molecule has 1 aliphatic heterocycles. The topological polar surface area (TPSA) is 105 Å². The summed E-state index contributed by atoms with van der Waals surface area (Å²) in [4.78, 5) is 11.5. The van der Waals surface area contributed by atoms with Gasteiger partial charge in [-0.3, -0.25) is 0 Å². The Hall–Kier alpha value is -1.64. The minimum absolute atomic E-state index is 0.00370. The Morgan fingerprint density at radius 3 is 2.65 bits per heavy atom. The van der Waals surface area contributed by atoms with Crippen LogP contribution < -0.4 is 10.0 Å². The molecule has 20 heavy (non-hydrogen) atoms. The van der Waals surface area contributed by atoms with Crippen LogP contribution in [0.5, 0.6) is 0 Å². The van der Waals surface area contributed by atoms with E-state index in [9.17, 15) is 18.3 Å². The summed E-state index contributed by atoms with van der Waals surface area (Å²) in [6, 6.07) is 6.17. The Labute approximate surface area is 117 Å². The number of carboxylic acid groups (broad SMARTS) is 1. The zero-order valence-corrected chi connectivity index (χ0v) is 11.7. The smallest absolute Gasteiger partial charge is 0.331 e. The van der Waals surface area contributed by atoms with Crippen LogP contribution in [0.4, 0.5) is 5.69 Å². The Balaban J connectivity index is 2.42. The molecule has 1 aromatic carbocycles. The number of anilines is 1. The Kier molecular flexibility index (Phi) is 3.98. The maximum atomic E-state index is 11.9. The standard InChI is InChI=1S/C12H16N2O5S/c1-13-20(17,18)10-5-3-2-4-9(10)14-12(11(15)16)6-7-19-8-12/h2-5,13-14H,6-8H2,1H3,(H,15,16). The molecule has 1 unspecified atom stereocenters. The van der Waals surface area contributed by atoms with Gasteiger partial charge in [-0.2, -0.15) is 0 Å². The van der Waals surface area contributed by atoms with Crippen molar-refractivity contribution in [1.82, 2.24) is 4.72 Å². The Bertz CT molecular complexity index is 608. The highest BCUT2D eigenvalue weighted by Gasteiger charge is 2.43. The SMILES string of the molecule is CNS(=O)(=O)c1ccccc1NC1(C(=O)O)CCOC1. The average Bonchev–Trinajstić information content (AvgIpc) is 2.89. The van der Waals surface area contributed by atoms with E-state index in [-0.39, 0.29) is 23.6 Å². The molecule has 1 fully saturated rings. The summed E-state index contributed by atoms with van der Waals surface area (Å²) >= 11 is 0. The van der Waals surface area contributed by atoms with Gasteiger partial charge in [-0.05, 0) is 19.2 Å². The van der Waals surface area contributed by atoms with Gasteiger partial charge < -0.3 is 15.2 Å². The summed E-state index contributed by atoms with van der Waals surface area (Å²) in [6.07, 6.45) is 0.274. The molecule has 0 saturated carbocycles. The number of rotatable bonds is 5. The molecule has 3 N–H and O–H groups in total. The zero-order valence-electron chi connectivity index (χ0n) is 10.9. The van der Waals surface area contributed by atoms with E-state index in [1.807, 2.05) is 0 Å². The molecule has 0 spiro atoms. The van der Waals surface area contributed by atoms with E-state index in [0.29, 0.717) is 6.61 Å². The van der Waals surface area contributed by atoms with Gasteiger partial charge in [0.1, 0.15) is 4.90 Å². The number of para-hydroxylation sites is 1. The number of sulfonamides is 1. The van der Waals surface area contributed by atoms with Crippen molar-refractivity contribution in [2.45, 2.75) is 16.9 Å². The summed E-state index contributed by atoms with van der Waals surface area (Å²) in [5.74, 6) is -1.06. The van der Waals surface area contributed by atoms with Crippen LogP contribution in [0.15, 0.2) is 29.2 Å². The van der Waals surface area contributed by atoms with Gasteiger partial charge in [-0.25, -0.2) is 17.9 Å². The molecule has 1 heterocycles. The van der Waals surface area contributed by atoms with E-state index >= 15 is 0 Å². The highest BCUT2D eigenvalue weighted by Crippen LogP contribution is 2.28. The van der Waals surface area contributed by atoms with Gasteiger partial charge in [0.25, 0.3) is 0 Å². The number of carboxylic acids is 1. The molecule has 0 amide bonds. The van der Waals surface area contributed by atoms with E-state index in [1.54, 1.807) is 12.1 Å². The van der Waals surface area contributed by atoms with Crippen LogP contribution in [0, 0.1) is 0 Å². The highest BCUT2D eigenvalue weighted by molar-refractivity contribution is 7.89. The third-order valence-electron chi connectivity index (χ3n) is 3.25. The number of carbonyl (C=O) groups is 1. The molecule has 2 rings (SSSR count). The van der Waals surface area contributed by atoms with Crippen molar-refractivity contribution in [3.8, 4) is 0 Å². The number of aliphatic carboxylic acids is 1. The molecular formula is C12H16N2O5S. The lowest BCUT2D eigenvalue weighted by Crippen LogP contribution is -2.47. The fraction of sp³-hybridized carbons (Fsp3) is 0.417. The van der Waals surface area contributed by atoms with E-state index < -0.39 is 21.5 Å². The molecule has 7 nitrogen and oxygen atoms in total. The molecule has 1 atom stereocenters. The first-order valence-electron chi connectivity index (χ1n) is 6.03. The van der Waals surface area contributed by atoms with Crippen molar-refractivity contribution in [3.63, 3.8) is 0 Å². The highest BCUT2D eigenvalue weighted by atomic mass is 32.2. The van der Waals surface area contributed by atoms with Gasteiger partial charge in [0.15, 0.2) is 5.54 Å². The van der Waals surface area contributed by atoms with Crippen LogP contribution in [-0.2, 0) is 19.6 Å². The Morgan fingerprint density at radius 2 is 2.10 bits per heavy atom. The minimum Gasteiger partial charge on any atom is -0.479 e. The van der Waals surface area contributed by atoms with E-state index in [0.717, 1.165) is 0 Å². The van der Waals surface area contributed by atoms with Crippen molar-refractivity contribution in [2.75, 3.05) is 25.6 Å². The molecule has 0 aliphatic carbocycles. The Morgan fingerprint density at radius 1 is 1.40 bits per heavy atom. The average molecular weight is 300 g/mol. The lowest BCUT2D eigenvalue weighted by Gasteiger charge is -2.26. The first-order chi connectivity index (χ1) is 9.41.